The van der Waals surface area contributed by atoms with Crippen molar-refractivity contribution in [3.63, 3.8) is 0 Å². The minimum Gasteiger partial charge on any atom is -0.314 e. The molecule has 7 heteroatoms. The van der Waals surface area contributed by atoms with Crippen LogP contribution in [-0.4, -0.2) is 13.0 Å². The third kappa shape index (κ3) is 3.05. The summed E-state index contributed by atoms with van der Waals surface area (Å²) in [6, 6.07) is 7.16. The van der Waals surface area contributed by atoms with E-state index >= 15 is 0 Å². The first-order valence-corrected chi connectivity index (χ1v) is 7.39. The van der Waals surface area contributed by atoms with E-state index in [1.807, 2.05) is 0 Å². The monoisotopic (exact) mass is 296 g/mol. The van der Waals surface area contributed by atoms with Gasteiger partial charge in [-0.05, 0) is 37.3 Å². The molecule has 1 aromatic carbocycles. The second-order valence-corrected chi connectivity index (χ2v) is 5.78. The lowest BCUT2D eigenvalue weighted by Crippen LogP contribution is -2.20. The van der Waals surface area contributed by atoms with Crippen molar-refractivity contribution >= 4 is 15.7 Å². The molecule has 0 aliphatic heterocycles. The first-order chi connectivity index (χ1) is 9.42. The lowest BCUT2D eigenvalue weighted by atomic mass is 10.4. The molecule has 0 radical (unpaired) electrons. The third-order valence-electron chi connectivity index (χ3n) is 2.70. The number of anilines is 1. The van der Waals surface area contributed by atoms with E-state index in [2.05, 4.69) is 4.72 Å². The standard InChI is InChI=1S/C13H13FN2O3S/c1-2-16-9-11(5-8-13(16)17)15-20(18,19)12-6-3-10(14)4-7-12/h3-9,15H,2H2,1H3. The van der Waals surface area contributed by atoms with Gasteiger partial charge in [0.05, 0.1) is 10.6 Å². The van der Waals surface area contributed by atoms with Gasteiger partial charge in [0.15, 0.2) is 0 Å². The third-order valence-corrected chi connectivity index (χ3v) is 4.10. The summed E-state index contributed by atoms with van der Waals surface area (Å²) in [4.78, 5) is 11.4. The molecule has 5 nitrogen and oxygen atoms in total. The summed E-state index contributed by atoms with van der Waals surface area (Å²) in [5.74, 6) is -0.511. The highest BCUT2D eigenvalue weighted by Crippen LogP contribution is 2.15. The van der Waals surface area contributed by atoms with Crippen LogP contribution in [0.4, 0.5) is 10.1 Å². The van der Waals surface area contributed by atoms with Gasteiger partial charge in [0.1, 0.15) is 5.82 Å². The number of aryl methyl sites for hydroxylation is 1. The first kappa shape index (κ1) is 14.3. The van der Waals surface area contributed by atoms with Crippen molar-refractivity contribution in [2.45, 2.75) is 18.4 Å². The minimum absolute atomic E-state index is 0.0480. The number of benzene rings is 1. The van der Waals surface area contributed by atoms with Crippen molar-refractivity contribution in [3.8, 4) is 0 Å². The molecule has 0 aliphatic carbocycles. The molecule has 0 saturated carbocycles. The highest BCUT2D eigenvalue weighted by atomic mass is 32.2. The topological polar surface area (TPSA) is 68.2 Å². The number of hydrogen-bond donors (Lipinski definition) is 1. The van der Waals surface area contributed by atoms with Gasteiger partial charge in [-0.2, -0.15) is 0 Å². The van der Waals surface area contributed by atoms with Crippen LogP contribution in [0.3, 0.4) is 0 Å². The van der Waals surface area contributed by atoms with Gasteiger partial charge in [-0.3, -0.25) is 9.52 Å². The Morgan fingerprint density at radius 2 is 1.80 bits per heavy atom. The zero-order chi connectivity index (χ0) is 14.8. The van der Waals surface area contributed by atoms with Gasteiger partial charge in [-0.15, -0.1) is 0 Å². The quantitative estimate of drug-likeness (QED) is 0.935. The van der Waals surface area contributed by atoms with E-state index in [-0.39, 0.29) is 16.1 Å². The van der Waals surface area contributed by atoms with Gasteiger partial charge >= 0.3 is 0 Å². The molecule has 0 amide bonds. The number of halogens is 1. The van der Waals surface area contributed by atoms with Crippen LogP contribution < -0.4 is 10.3 Å². The Morgan fingerprint density at radius 1 is 1.15 bits per heavy atom. The molecular weight excluding hydrogens is 283 g/mol. The summed E-state index contributed by atoms with van der Waals surface area (Å²) in [6.07, 6.45) is 1.42. The summed E-state index contributed by atoms with van der Waals surface area (Å²) >= 11 is 0. The van der Waals surface area contributed by atoms with E-state index < -0.39 is 15.8 Å². The van der Waals surface area contributed by atoms with Crippen LogP contribution in [0.2, 0.25) is 0 Å². The SMILES string of the molecule is CCn1cc(NS(=O)(=O)c2ccc(F)cc2)ccc1=O. The Kier molecular flexibility index (Phi) is 3.89. The minimum atomic E-state index is -3.80. The van der Waals surface area contributed by atoms with E-state index in [0.717, 1.165) is 12.1 Å². The van der Waals surface area contributed by atoms with Crippen LogP contribution in [0.5, 0.6) is 0 Å². The number of hydrogen-bond acceptors (Lipinski definition) is 3. The van der Waals surface area contributed by atoms with Gasteiger partial charge in [0.2, 0.25) is 0 Å². The Hall–Kier alpha value is -2.15. The van der Waals surface area contributed by atoms with Crippen LogP contribution in [-0.2, 0) is 16.6 Å². The van der Waals surface area contributed by atoms with Crippen LogP contribution in [0.15, 0.2) is 52.3 Å². The van der Waals surface area contributed by atoms with Gasteiger partial charge < -0.3 is 4.57 Å². The summed E-state index contributed by atoms with van der Waals surface area (Å²) in [6.45, 7) is 2.21. The second-order valence-electron chi connectivity index (χ2n) is 4.10. The number of nitrogens with one attached hydrogen (secondary N) is 1. The highest BCUT2D eigenvalue weighted by Gasteiger charge is 2.14. The largest absolute Gasteiger partial charge is 0.314 e. The predicted molar refractivity (Wildman–Crippen MR) is 73.6 cm³/mol. The molecule has 0 atom stereocenters. The summed E-state index contributed by atoms with van der Waals surface area (Å²) in [5.41, 5.74) is 0.0630. The van der Waals surface area contributed by atoms with E-state index in [1.54, 1.807) is 6.92 Å². The Bertz CT molecular complexity index is 767. The van der Waals surface area contributed by atoms with Crippen molar-refractivity contribution in [2.75, 3.05) is 4.72 Å². The molecular formula is C13H13FN2O3S. The van der Waals surface area contributed by atoms with E-state index in [0.29, 0.717) is 6.54 Å². The summed E-state index contributed by atoms with van der Waals surface area (Å²) < 4.78 is 40.7. The zero-order valence-corrected chi connectivity index (χ0v) is 11.5. The Morgan fingerprint density at radius 3 is 2.40 bits per heavy atom. The maximum Gasteiger partial charge on any atom is 0.261 e. The molecule has 2 aromatic rings. The van der Waals surface area contributed by atoms with E-state index in [1.165, 1.54) is 35.0 Å². The molecule has 0 unspecified atom stereocenters. The fraction of sp³-hybridized carbons (Fsp3) is 0.154. The van der Waals surface area contributed by atoms with E-state index in [9.17, 15) is 17.6 Å². The maximum atomic E-state index is 12.8. The van der Waals surface area contributed by atoms with Crippen LogP contribution in [0, 0.1) is 5.82 Å². The molecule has 0 spiro atoms. The molecule has 1 heterocycles. The van der Waals surface area contributed by atoms with Crippen molar-refractivity contribution < 1.29 is 12.8 Å². The van der Waals surface area contributed by atoms with E-state index in [4.69, 9.17) is 0 Å². The molecule has 1 N–H and O–H groups in total. The number of nitrogens with zero attached hydrogens (tertiary/aromatic N) is 1. The van der Waals surface area contributed by atoms with Gasteiger partial charge in [-0.1, -0.05) is 0 Å². The Balaban J connectivity index is 2.33. The Labute approximate surface area is 115 Å². The van der Waals surface area contributed by atoms with Crippen LogP contribution in [0.25, 0.3) is 0 Å². The lowest BCUT2D eigenvalue weighted by Gasteiger charge is -2.09. The highest BCUT2D eigenvalue weighted by molar-refractivity contribution is 7.92. The van der Waals surface area contributed by atoms with Gasteiger partial charge in [0, 0.05) is 18.8 Å². The lowest BCUT2D eigenvalue weighted by molar-refractivity contribution is 0.599. The molecule has 0 saturated heterocycles. The molecule has 106 valence electrons. The molecule has 20 heavy (non-hydrogen) atoms. The predicted octanol–water partition coefficient (Wildman–Crippen LogP) is 1.81. The molecule has 1 aromatic heterocycles. The molecule has 0 bridgehead atoms. The smallest absolute Gasteiger partial charge is 0.261 e. The fourth-order valence-corrected chi connectivity index (χ4v) is 2.71. The maximum absolute atomic E-state index is 12.8. The summed E-state index contributed by atoms with van der Waals surface area (Å²) in [7, 11) is -3.80. The molecule has 2 rings (SSSR count). The number of sulfonamides is 1. The number of aromatic nitrogens is 1. The second kappa shape index (κ2) is 5.46. The van der Waals surface area contributed by atoms with Crippen LogP contribution in [0.1, 0.15) is 6.92 Å². The van der Waals surface area contributed by atoms with Crippen molar-refractivity contribution in [2.24, 2.45) is 0 Å². The normalized spacial score (nSPS) is 11.3. The average molecular weight is 296 g/mol. The molecule has 0 fully saturated rings. The summed E-state index contributed by atoms with van der Waals surface area (Å²) in [5, 5.41) is 0. The van der Waals surface area contributed by atoms with Gasteiger partial charge in [-0.25, -0.2) is 12.8 Å². The van der Waals surface area contributed by atoms with Crippen molar-refractivity contribution in [1.29, 1.82) is 0 Å². The van der Waals surface area contributed by atoms with Crippen LogP contribution >= 0.6 is 0 Å². The number of pyridine rings is 1. The van der Waals surface area contributed by atoms with Crippen molar-refractivity contribution in [3.05, 3.63) is 58.8 Å². The average Bonchev–Trinajstić information content (AvgIpc) is 2.41. The first-order valence-electron chi connectivity index (χ1n) is 5.91. The van der Waals surface area contributed by atoms with Crippen molar-refractivity contribution in [1.82, 2.24) is 4.57 Å². The zero-order valence-electron chi connectivity index (χ0n) is 10.7. The van der Waals surface area contributed by atoms with Gasteiger partial charge in [0.25, 0.3) is 15.6 Å². The number of rotatable bonds is 4. The fourth-order valence-electron chi connectivity index (χ4n) is 1.67. The molecule has 0 aliphatic rings.